The zero-order valence-electron chi connectivity index (χ0n) is 30.2. The summed E-state index contributed by atoms with van der Waals surface area (Å²) in [5, 5.41) is 7.73. The molecule has 0 fully saturated rings. The summed E-state index contributed by atoms with van der Waals surface area (Å²) in [6.07, 6.45) is 0. The predicted octanol–water partition coefficient (Wildman–Crippen LogP) is 15.3. The molecule has 1 nitrogen and oxygen atoms in total. The zero-order chi connectivity index (χ0) is 36.3. The summed E-state index contributed by atoms with van der Waals surface area (Å²) in [6.45, 7) is 0. The Balaban J connectivity index is 1.02. The Hall–Kier alpha value is -7.22. The highest BCUT2D eigenvalue weighted by Crippen LogP contribution is 2.49. The predicted molar refractivity (Wildman–Crippen MR) is 234 cm³/mol. The molecule has 0 unspecified atom stereocenters. The fourth-order valence-corrected chi connectivity index (χ4v) is 8.78. The molecule has 0 saturated heterocycles. The van der Waals surface area contributed by atoms with Crippen LogP contribution in [-0.4, -0.2) is 0 Å². The number of nitrogens with zero attached hydrogens (tertiary/aromatic N) is 1. The van der Waals surface area contributed by atoms with E-state index in [1.807, 2.05) is 0 Å². The minimum absolute atomic E-state index is 1.11. The van der Waals surface area contributed by atoms with Crippen molar-refractivity contribution in [3.05, 3.63) is 212 Å². The van der Waals surface area contributed by atoms with Crippen LogP contribution in [0.25, 0.3) is 88.0 Å². The van der Waals surface area contributed by atoms with Gasteiger partial charge >= 0.3 is 0 Å². The molecule has 0 heterocycles. The molecule has 0 spiro atoms. The zero-order valence-corrected chi connectivity index (χ0v) is 30.2. The molecule has 10 aromatic carbocycles. The topological polar surface area (TPSA) is 3.24 Å². The summed E-state index contributed by atoms with van der Waals surface area (Å²) in [4.78, 5) is 2.38. The van der Waals surface area contributed by atoms with Crippen molar-refractivity contribution in [3.8, 4) is 55.6 Å². The fraction of sp³-hybridized carbons (Fsp3) is 0. The van der Waals surface area contributed by atoms with Crippen LogP contribution < -0.4 is 4.90 Å². The largest absolute Gasteiger partial charge is 0.310 e. The van der Waals surface area contributed by atoms with Crippen LogP contribution >= 0.6 is 0 Å². The van der Waals surface area contributed by atoms with E-state index < -0.39 is 0 Å². The van der Waals surface area contributed by atoms with Gasteiger partial charge in [-0.3, -0.25) is 0 Å². The van der Waals surface area contributed by atoms with Gasteiger partial charge in [0.15, 0.2) is 0 Å². The Labute approximate surface area is 321 Å². The lowest BCUT2D eigenvalue weighted by atomic mass is 9.93. The number of hydrogen-bond acceptors (Lipinski definition) is 1. The molecule has 0 atom stereocenters. The molecule has 1 heteroatoms. The number of fused-ring (bicyclic) bond motifs is 6. The number of anilines is 3. The van der Waals surface area contributed by atoms with Crippen LogP contribution in [0.1, 0.15) is 0 Å². The molecule has 0 aromatic heterocycles. The van der Waals surface area contributed by atoms with E-state index in [4.69, 9.17) is 0 Å². The lowest BCUT2D eigenvalue weighted by Gasteiger charge is -2.26. The van der Waals surface area contributed by atoms with E-state index in [0.29, 0.717) is 0 Å². The van der Waals surface area contributed by atoms with E-state index in [-0.39, 0.29) is 0 Å². The molecule has 0 saturated carbocycles. The first-order valence-electron chi connectivity index (χ1n) is 19.0. The summed E-state index contributed by atoms with van der Waals surface area (Å²) in [5.74, 6) is 0. The highest BCUT2D eigenvalue weighted by Gasteiger charge is 2.22. The smallest absolute Gasteiger partial charge is 0.0467 e. The molecule has 0 N–H and O–H groups in total. The van der Waals surface area contributed by atoms with Crippen molar-refractivity contribution in [1.29, 1.82) is 0 Å². The minimum Gasteiger partial charge on any atom is -0.310 e. The van der Waals surface area contributed by atoms with Gasteiger partial charge in [0, 0.05) is 17.1 Å². The summed E-state index contributed by atoms with van der Waals surface area (Å²) in [5.41, 5.74) is 15.9. The van der Waals surface area contributed by atoms with E-state index >= 15 is 0 Å². The molecule has 0 radical (unpaired) electrons. The van der Waals surface area contributed by atoms with E-state index in [2.05, 4.69) is 217 Å². The van der Waals surface area contributed by atoms with Gasteiger partial charge in [0.25, 0.3) is 0 Å². The van der Waals surface area contributed by atoms with E-state index in [9.17, 15) is 0 Å². The van der Waals surface area contributed by atoms with Gasteiger partial charge in [-0.15, -0.1) is 0 Å². The van der Waals surface area contributed by atoms with Crippen molar-refractivity contribution in [2.45, 2.75) is 0 Å². The van der Waals surface area contributed by atoms with Crippen LogP contribution in [0, 0.1) is 0 Å². The Kier molecular flexibility index (Phi) is 7.25. The van der Waals surface area contributed by atoms with Crippen molar-refractivity contribution >= 4 is 49.4 Å². The molecule has 10 aromatic rings. The van der Waals surface area contributed by atoms with E-state index in [1.54, 1.807) is 0 Å². The second-order valence-electron chi connectivity index (χ2n) is 14.5. The molecule has 0 aliphatic heterocycles. The van der Waals surface area contributed by atoms with Crippen molar-refractivity contribution in [2.75, 3.05) is 4.90 Å². The van der Waals surface area contributed by atoms with Crippen LogP contribution in [0.3, 0.4) is 0 Å². The van der Waals surface area contributed by atoms with Gasteiger partial charge in [-0.25, -0.2) is 0 Å². The summed E-state index contributed by atoms with van der Waals surface area (Å²) < 4.78 is 0. The SMILES string of the molecule is c1ccc(-c2cccc(N(c3ccc(-c4cc5c6c(cccc6c4)-c4ccccc4-5)cc3)c3ccc(-c4cccc5ccc6ccccc6c45)cc3)c2)cc1. The Bertz CT molecular complexity index is 3070. The summed E-state index contributed by atoms with van der Waals surface area (Å²) in [7, 11) is 0. The van der Waals surface area contributed by atoms with Crippen LogP contribution in [0.4, 0.5) is 17.1 Å². The maximum atomic E-state index is 2.38. The molecule has 0 bridgehead atoms. The highest BCUT2D eigenvalue weighted by atomic mass is 15.1. The van der Waals surface area contributed by atoms with Gasteiger partial charge in [-0.1, -0.05) is 164 Å². The maximum absolute atomic E-state index is 2.38. The van der Waals surface area contributed by atoms with Gasteiger partial charge in [-0.05, 0) is 136 Å². The molecule has 1 aliphatic rings. The second-order valence-corrected chi connectivity index (χ2v) is 14.5. The standard InChI is InChI=1S/C54H35N/c1-2-11-36(12-3-1)41-15-8-17-46(34-41)55(45-31-27-39(28-32-45)48-21-9-14-40-24-23-38-13-4-5-18-47(38)53(40)48)44-29-25-37(26-30-44)43-33-42-16-10-22-51-49-19-6-7-20-50(49)52(35-43)54(42)51/h1-35H. The summed E-state index contributed by atoms with van der Waals surface area (Å²) >= 11 is 0. The summed E-state index contributed by atoms with van der Waals surface area (Å²) in [6, 6.07) is 77.7. The van der Waals surface area contributed by atoms with Crippen molar-refractivity contribution < 1.29 is 0 Å². The molecule has 256 valence electrons. The first-order valence-corrected chi connectivity index (χ1v) is 19.0. The fourth-order valence-electron chi connectivity index (χ4n) is 8.78. The maximum Gasteiger partial charge on any atom is 0.0467 e. The normalized spacial score (nSPS) is 11.6. The molecular weight excluding hydrogens is 663 g/mol. The van der Waals surface area contributed by atoms with Gasteiger partial charge < -0.3 is 4.90 Å². The molecule has 1 aliphatic carbocycles. The highest BCUT2D eigenvalue weighted by molar-refractivity contribution is 6.17. The lowest BCUT2D eigenvalue weighted by molar-refractivity contribution is 1.28. The third-order valence-electron chi connectivity index (χ3n) is 11.4. The molecule has 0 amide bonds. The van der Waals surface area contributed by atoms with E-state index in [0.717, 1.165) is 17.1 Å². The molecule has 55 heavy (non-hydrogen) atoms. The third-order valence-corrected chi connectivity index (χ3v) is 11.4. The van der Waals surface area contributed by atoms with Gasteiger partial charge in [-0.2, -0.15) is 0 Å². The van der Waals surface area contributed by atoms with Gasteiger partial charge in [0.2, 0.25) is 0 Å². The van der Waals surface area contributed by atoms with Gasteiger partial charge in [0.1, 0.15) is 0 Å². The average Bonchev–Trinajstić information content (AvgIpc) is 3.59. The second kappa shape index (κ2) is 12.7. The quantitative estimate of drug-likeness (QED) is 0.156. The average molecular weight is 698 g/mol. The minimum atomic E-state index is 1.11. The Morgan fingerprint density at radius 1 is 0.236 bits per heavy atom. The molecule has 11 rings (SSSR count). The van der Waals surface area contributed by atoms with Gasteiger partial charge in [0.05, 0.1) is 0 Å². The number of hydrogen-bond donors (Lipinski definition) is 0. The van der Waals surface area contributed by atoms with Crippen molar-refractivity contribution in [1.82, 2.24) is 0 Å². The first-order chi connectivity index (χ1) is 27.3. The van der Waals surface area contributed by atoms with Crippen molar-refractivity contribution in [2.24, 2.45) is 0 Å². The van der Waals surface area contributed by atoms with Crippen LogP contribution in [0.2, 0.25) is 0 Å². The van der Waals surface area contributed by atoms with Crippen LogP contribution in [-0.2, 0) is 0 Å². The lowest BCUT2D eigenvalue weighted by Crippen LogP contribution is -2.10. The van der Waals surface area contributed by atoms with Crippen molar-refractivity contribution in [3.63, 3.8) is 0 Å². The first kappa shape index (κ1) is 31.3. The van der Waals surface area contributed by atoms with E-state index in [1.165, 1.54) is 88.0 Å². The van der Waals surface area contributed by atoms with Crippen LogP contribution in [0.5, 0.6) is 0 Å². The Morgan fingerprint density at radius 2 is 0.800 bits per heavy atom. The number of benzene rings is 10. The molecular formula is C54H35N. The monoisotopic (exact) mass is 697 g/mol. The third kappa shape index (κ3) is 5.24. The Morgan fingerprint density at radius 3 is 1.60 bits per heavy atom. The number of rotatable bonds is 6. The van der Waals surface area contributed by atoms with Crippen LogP contribution in [0.15, 0.2) is 212 Å².